The van der Waals surface area contributed by atoms with Gasteiger partial charge in [-0.25, -0.2) is 13.4 Å². The number of aromatic nitrogens is 2. The Kier molecular flexibility index (Phi) is 4.51. The second-order valence-corrected chi connectivity index (χ2v) is 8.50. The van der Waals surface area contributed by atoms with Gasteiger partial charge in [0.25, 0.3) is 0 Å². The summed E-state index contributed by atoms with van der Waals surface area (Å²) in [5.74, 6) is -0.186. The van der Waals surface area contributed by atoms with Gasteiger partial charge in [0.15, 0.2) is 0 Å². The Morgan fingerprint density at radius 1 is 1.52 bits per heavy atom. The minimum Gasteiger partial charge on any atom is -0.354 e. The minimum atomic E-state index is -3.35. The molecule has 0 aromatic carbocycles. The smallest absolute Gasteiger partial charge is 0.244 e. The van der Waals surface area contributed by atoms with Crippen LogP contribution < -0.4 is 5.32 Å². The Hall–Kier alpha value is -1.71. The molecule has 0 fully saturated rings. The van der Waals surface area contributed by atoms with Crippen molar-refractivity contribution in [2.45, 2.75) is 19.0 Å². The number of sulfonamides is 1. The topological polar surface area (TPSA) is 84.3 Å². The Balaban J connectivity index is 1.69. The molecule has 1 atom stereocenters. The maximum Gasteiger partial charge on any atom is 0.244 e. The first-order chi connectivity index (χ1) is 10.9. The van der Waals surface area contributed by atoms with E-state index in [2.05, 4.69) is 10.3 Å². The van der Waals surface area contributed by atoms with Crippen molar-refractivity contribution in [3.8, 4) is 0 Å². The summed E-state index contributed by atoms with van der Waals surface area (Å²) in [6.07, 6.45) is 5.11. The standard InChI is InChI=1S/C14H18N4O3S2/c1-23(20,21)17-8-11-7-15-10-18(11)13(9-17)14(19)16-5-4-12-3-2-6-22-12/h2-3,6-7,10,13H,4-5,8-9H2,1H3,(H,16,19). The summed E-state index contributed by atoms with van der Waals surface area (Å²) in [7, 11) is -3.35. The summed E-state index contributed by atoms with van der Waals surface area (Å²) in [4.78, 5) is 17.7. The van der Waals surface area contributed by atoms with Gasteiger partial charge in [-0.3, -0.25) is 4.79 Å². The summed E-state index contributed by atoms with van der Waals surface area (Å²) >= 11 is 1.65. The molecule has 1 amide bonds. The van der Waals surface area contributed by atoms with Gasteiger partial charge in [-0.2, -0.15) is 4.31 Å². The Labute approximate surface area is 139 Å². The first-order valence-electron chi connectivity index (χ1n) is 7.21. The highest BCUT2D eigenvalue weighted by Crippen LogP contribution is 2.23. The number of imidazole rings is 1. The summed E-state index contributed by atoms with van der Waals surface area (Å²) in [5.41, 5.74) is 0.722. The van der Waals surface area contributed by atoms with Crippen LogP contribution in [-0.2, 0) is 27.8 Å². The lowest BCUT2D eigenvalue weighted by molar-refractivity contribution is -0.125. The fourth-order valence-corrected chi connectivity index (χ4v) is 4.09. The lowest BCUT2D eigenvalue weighted by atomic mass is 10.2. The molecule has 23 heavy (non-hydrogen) atoms. The van der Waals surface area contributed by atoms with Crippen LogP contribution in [0.15, 0.2) is 30.0 Å². The quantitative estimate of drug-likeness (QED) is 0.853. The highest BCUT2D eigenvalue weighted by molar-refractivity contribution is 7.88. The van der Waals surface area contributed by atoms with E-state index in [1.807, 2.05) is 17.5 Å². The number of carbonyl (C=O) groups excluding carboxylic acids is 1. The summed E-state index contributed by atoms with van der Waals surface area (Å²) in [5, 5.41) is 4.89. The van der Waals surface area contributed by atoms with Crippen molar-refractivity contribution in [3.63, 3.8) is 0 Å². The zero-order valence-electron chi connectivity index (χ0n) is 12.7. The molecule has 0 radical (unpaired) electrons. The van der Waals surface area contributed by atoms with E-state index in [0.717, 1.165) is 18.4 Å². The normalized spacial score (nSPS) is 18.6. The van der Waals surface area contributed by atoms with Crippen LogP contribution in [0.3, 0.4) is 0 Å². The van der Waals surface area contributed by atoms with E-state index >= 15 is 0 Å². The van der Waals surface area contributed by atoms with Crippen LogP contribution >= 0.6 is 11.3 Å². The number of hydrogen-bond donors (Lipinski definition) is 1. The van der Waals surface area contributed by atoms with E-state index < -0.39 is 16.1 Å². The third-order valence-corrected chi connectivity index (χ3v) is 5.97. The minimum absolute atomic E-state index is 0.132. The predicted molar refractivity (Wildman–Crippen MR) is 87.6 cm³/mol. The van der Waals surface area contributed by atoms with Crippen molar-refractivity contribution in [2.24, 2.45) is 0 Å². The Morgan fingerprint density at radius 2 is 2.35 bits per heavy atom. The number of nitrogens with zero attached hydrogens (tertiary/aromatic N) is 3. The molecular weight excluding hydrogens is 336 g/mol. The van der Waals surface area contributed by atoms with Gasteiger partial charge in [-0.05, 0) is 17.9 Å². The maximum atomic E-state index is 12.5. The number of carbonyl (C=O) groups is 1. The van der Waals surface area contributed by atoms with Crippen LogP contribution in [0.25, 0.3) is 0 Å². The molecule has 1 unspecified atom stereocenters. The van der Waals surface area contributed by atoms with E-state index in [-0.39, 0.29) is 19.0 Å². The molecule has 1 aliphatic heterocycles. The molecule has 9 heteroatoms. The first-order valence-corrected chi connectivity index (χ1v) is 9.94. The number of thiophene rings is 1. The van der Waals surface area contributed by atoms with Crippen LogP contribution in [0.5, 0.6) is 0 Å². The SMILES string of the molecule is CS(=O)(=O)N1Cc2cncn2C(C(=O)NCCc2cccs2)C1. The van der Waals surface area contributed by atoms with E-state index in [1.165, 1.54) is 9.18 Å². The summed E-state index contributed by atoms with van der Waals surface area (Å²) < 4.78 is 26.7. The van der Waals surface area contributed by atoms with Gasteiger partial charge in [0, 0.05) is 24.2 Å². The van der Waals surface area contributed by atoms with Crippen molar-refractivity contribution >= 4 is 27.3 Å². The molecule has 7 nitrogen and oxygen atoms in total. The molecule has 124 valence electrons. The highest BCUT2D eigenvalue weighted by Gasteiger charge is 2.33. The van der Waals surface area contributed by atoms with Crippen molar-refractivity contribution in [1.29, 1.82) is 0 Å². The highest BCUT2D eigenvalue weighted by atomic mass is 32.2. The van der Waals surface area contributed by atoms with Gasteiger partial charge < -0.3 is 9.88 Å². The lowest BCUT2D eigenvalue weighted by Crippen LogP contribution is -2.46. The molecule has 0 saturated carbocycles. The molecule has 1 N–H and O–H groups in total. The third kappa shape index (κ3) is 3.62. The third-order valence-electron chi connectivity index (χ3n) is 3.82. The maximum absolute atomic E-state index is 12.5. The second kappa shape index (κ2) is 6.42. The van der Waals surface area contributed by atoms with E-state index in [9.17, 15) is 13.2 Å². The zero-order chi connectivity index (χ0) is 16.4. The average molecular weight is 354 g/mol. The van der Waals surface area contributed by atoms with Gasteiger partial charge in [-0.1, -0.05) is 6.07 Å². The average Bonchev–Trinajstić information content (AvgIpc) is 3.15. The van der Waals surface area contributed by atoms with Crippen molar-refractivity contribution in [1.82, 2.24) is 19.2 Å². The number of amides is 1. The molecular formula is C14H18N4O3S2. The molecule has 3 rings (SSSR count). The number of hydrogen-bond acceptors (Lipinski definition) is 5. The number of nitrogens with one attached hydrogen (secondary N) is 1. The monoisotopic (exact) mass is 354 g/mol. The van der Waals surface area contributed by atoms with Crippen LogP contribution in [0, 0.1) is 0 Å². The molecule has 1 aliphatic rings. The van der Waals surface area contributed by atoms with Gasteiger partial charge in [0.1, 0.15) is 6.04 Å². The van der Waals surface area contributed by atoms with Crippen molar-refractivity contribution in [2.75, 3.05) is 19.3 Å². The number of rotatable bonds is 5. The van der Waals surface area contributed by atoms with E-state index in [1.54, 1.807) is 28.4 Å². The van der Waals surface area contributed by atoms with Crippen molar-refractivity contribution in [3.05, 3.63) is 40.6 Å². The first kappa shape index (κ1) is 16.2. The van der Waals surface area contributed by atoms with Crippen LogP contribution in [-0.4, -0.2) is 47.5 Å². The number of fused-ring (bicyclic) bond motifs is 1. The molecule has 2 aromatic rings. The fraction of sp³-hybridized carbons (Fsp3) is 0.429. The van der Waals surface area contributed by atoms with Gasteiger partial charge >= 0.3 is 0 Å². The second-order valence-electron chi connectivity index (χ2n) is 5.48. The lowest BCUT2D eigenvalue weighted by Gasteiger charge is -2.32. The Morgan fingerprint density at radius 3 is 3.04 bits per heavy atom. The largest absolute Gasteiger partial charge is 0.354 e. The molecule has 0 bridgehead atoms. The molecule has 0 saturated heterocycles. The van der Waals surface area contributed by atoms with E-state index in [0.29, 0.717) is 6.54 Å². The summed E-state index contributed by atoms with van der Waals surface area (Å²) in [6.45, 7) is 0.906. The molecule has 3 heterocycles. The molecule has 0 aliphatic carbocycles. The van der Waals surface area contributed by atoms with Gasteiger partial charge in [0.05, 0.1) is 24.8 Å². The van der Waals surface area contributed by atoms with Gasteiger partial charge in [-0.15, -0.1) is 11.3 Å². The van der Waals surface area contributed by atoms with Crippen molar-refractivity contribution < 1.29 is 13.2 Å². The van der Waals surface area contributed by atoms with Crippen LogP contribution in [0.1, 0.15) is 16.6 Å². The molecule has 2 aromatic heterocycles. The zero-order valence-corrected chi connectivity index (χ0v) is 14.3. The van der Waals surface area contributed by atoms with Gasteiger partial charge in [0.2, 0.25) is 15.9 Å². The molecule has 0 spiro atoms. The Bertz CT molecular complexity index is 783. The van der Waals surface area contributed by atoms with E-state index in [4.69, 9.17) is 0 Å². The van der Waals surface area contributed by atoms with Crippen LogP contribution in [0.2, 0.25) is 0 Å². The predicted octanol–water partition coefficient (Wildman–Crippen LogP) is 0.620. The summed E-state index contributed by atoms with van der Waals surface area (Å²) in [6, 6.07) is 3.42. The van der Waals surface area contributed by atoms with Crippen LogP contribution in [0.4, 0.5) is 0 Å². The fourth-order valence-electron chi connectivity index (χ4n) is 2.60.